The molecule has 2 aromatic carbocycles. The number of esters is 1. The van der Waals surface area contributed by atoms with E-state index >= 15 is 0 Å². The molecule has 2 rings (SSSR count). The summed E-state index contributed by atoms with van der Waals surface area (Å²) >= 11 is 0.801. The Bertz CT molecular complexity index is 1070. The first-order valence-electron chi connectivity index (χ1n) is 12.9. The second-order valence-electron chi connectivity index (χ2n) is 8.66. The smallest absolute Gasteiger partial charge is 0.419 e. The van der Waals surface area contributed by atoms with Gasteiger partial charge in [-0.3, -0.25) is 9.59 Å². The van der Waals surface area contributed by atoms with Gasteiger partial charge in [-0.25, -0.2) is 14.5 Å². The molecule has 0 aliphatic rings. The summed E-state index contributed by atoms with van der Waals surface area (Å²) in [5.74, 6) is -2.63. The van der Waals surface area contributed by atoms with Crippen molar-refractivity contribution in [1.82, 2.24) is 4.90 Å². The van der Waals surface area contributed by atoms with Crippen molar-refractivity contribution in [1.29, 1.82) is 0 Å². The van der Waals surface area contributed by atoms with Gasteiger partial charge in [0.05, 0.1) is 12.6 Å². The first-order chi connectivity index (χ1) is 18.8. The maximum Gasteiger partial charge on any atom is 0.419 e. The van der Waals surface area contributed by atoms with Crippen LogP contribution in [0.15, 0.2) is 60.7 Å². The van der Waals surface area contributed by atoms with Crippen LogP contribution in [0.25, 0.3) is 0 Å². The molecule has 10 nitrogen and oxygen atoms in total. The molecule has 1 unspecified atom stereocenters. The minimum Gasteiger partial charge on any atom is -0.463 e. The van der Waals surface area contributed by atoms with Crippen LogP contribution in [0.1, 0.15) is 48.5 Å². The number of imide groups is 1. The molecule has 2 atom stereocenters. The van der Waals surface area contributed by atoms with E-state index in [-0.39, 0.29) is 37.5 Å². The highest BCUT2D eigenvalue weighted by Crippen LogP contribution is 2.37. The van der Waals surface area contributed by atoms with Gasteiger partial charge in [-0.05, 0) is 50.6 Å². The Morgan fingerprint density at radius 1 is 0.897 bits per heavy atom. The Kier molecular flexibility index (Phi) is 13.7. The van der Waals surface area contributed by atoms with Gasteiger partial charge in [-0.1, -0.05) is 67.1 Å². The second-order valence-corrected chi connectivity index (χ2v) is 9.94. The van der Waals surface area contributed by atoms with Crippen LogP contribution < -0.4 is 17.2 Å². The maximum atomic E-state index is 14.2. The number of hydrogen-bond donors (Lipinski definition) is 3. The summed E-state index contributed by atoms with van der Waals surface area (Å²) in [6.07, 6.45) is 0.518. The summed E-state index contributed by atoms with van der Waals surface area (Å²) in [4.78, 5) is 53.6. The minimum absolute atomic E-state index is 0.0935. The van der Waals surface area contributed by atoms with Gasteiger partial charge in [0, 0.05) is 5.56 Å². The molecule has 0 aliphatic carbocycles. The fraction of sp³-hybridized carbons (Fsp3) is 0.429. The molecule has 2 amide bonds. The number of carbonyl (C=O) groups is 4. The van der Waals surface area contributed by atoms with Crippen LogP contribution in [-0.2, 0) is 25.7 Å². The van der Waals surface area contributed by atoms with Gasteiger partial charge in [0.2, 0.25) is 5.78 Å². The predicted molar refractivity (Wildman–Crippen MR) is 151 cm³/mol. The number of ketones is 1. The zero-order valence-corrected chi connectivity index (χ0v) is 23.1. The number of nitrogens with two attached hydrogens (primary N) is 3. The lowest BCUT2D eigenvalue weighted by atomic mass is 10.0. The first kappa shape index (κ1) is 32.0. The predicted octanol–water partition coefficient (Wildman–Crippen LogP) is 2.83. The SMILES string of the molecule is CCOC(=O)C(SCCCN)(C(=O)c1ccccc1)N(C(=O)OCc1ccccc1)C(=O)[C@@H](N)CCCCN. The molecule has 2 aromatic rings. The fourth-order valence-electron chi connectivity index (χ4n) is 3.75. The number of amides is 2. The molecular formula is C28H38N4O6S. The van der Waals surface area contributed by atoms with Crippen molar-refractivity contribution >= 4 is 35.5 Å². The Morgan fingerprint density at radius 3 is 2.10 bits per heavy atom. The van der Waals surface area contributed by atoms with Crippen molar-refractivity contribution in [3.63, 3.8) is 0 Å². The number of hydrogen-bond acceptors (Lipinski definition) is 10. The summed E-state index contributed by atoms with van der Waals surface area (Å²) in [6.45, 7) is 1.94. The van der Waals surface area contributed by atoms with Crippen molar-refractivity contribution in [3.05, 3.63) is 71.8 Å². The lowest BCUT2D eigenvalue weighted by Crippen LogP contribution is -2.65. The molecule has 6 N–H and O–H groups in total. The normalized spacial score (nSPS) is 13.1. The molecule has 212 valence electrons. The van der Waals surface area contributed by atoms with Gasteiger partial charge in [0.25, 0.3) is 10.8 Å². The Balaban J connectivity index is 2.66. The number of unbranched alkanes of at least 4 members (excludes halogenated alkanes) is 1. The van der Waals surface area contributed by atoms with E-state index in [1.165, 1.54) is 12.1 Å². The first-order valence-corrected chi connectivity index (χ1v) is 13.9. The molecule has 0 aromatic heterocycles. The van der Waals surface area contributed by atoms with E-state index in [1.54, 1.807) is 55.5 Å². The van der Waals surface area contributed by atoms with E-state index in [9.17, 15) is 19.2 Å². The monoisotopic (exact) mass is 558 g/mol. The Labute approximate surface area is 233 Å². The molecule has 0 spiro atoms. The molecule has 0 radical (unpaired) electrons. The van der Waals surface area contributed by atoms with Crippen molar-refractivity contribution in [2.24, 2.45) is 17.2 Å². The highest BCUT2D eigenvalue weighted by Gasteiger charge is 2.59. The second kappa shape index (κ2) is 16.7. The summed E-state index contributed by atoms with van der Waals surface area (Å²) < 4.78 is 10.8. The van der Waals surface area contributed by atoms with Crippen LogP contribution in [0.2, 0.25) is 0 Å². The molecule has 0 fully saturated rings. The van der Waals surface area contributed by atoms with E-state index in [0.29, 0.717) is 36.3 Å². The molecule has 39 heavy (non-hydrogen) atoms. The lowest BCUT2D eigenvalue weighted by Gasteiger charge is -2.38. The number of thioether (sulfide) groups is 1. The molecule has 0 bridgehead atoms. The number of Topliss-reactive ketones (excluding diaryl/α,β-unsaturated/α-hetero) is 1. The molecule has 0 saturated carbocycles. The van der Waals surface area contributed by atoms with Crippen LogP contribution in [-0.4, -0.2) is 65.0 Å². The standard InChI is InChI=1S/C28H38N4O6S/c1-2-37-26(35)28(39-19-11-18-30,24(33)22-14-7-4-8-15-22)32(25(34)23(31)16-9-10-17-29)27(36)38-20-21-12-5-3-6-13-21/h3-8,12-15,23H,2,9-11,16-20,29-31H2,1H3/t23-,28?/m0/s1. The fourth-order valence-corrected chi connectivity index (χ4v) is 5.07. The van der Waals surface area contributed by atoms with Gasteiger partial charge < -0.3 is 26.7 Å². The van der Waals surface area contributed by atoms with Crippen LogP contribution in [0.3, 0.4) is 0 Å². The zero-order chi connectivity index (χ0) is 28.7. The summed E-state index contributed by atoms with van der Waals surface area (Å²) in [7, 11) is 0. The van der Waals surface area contributed by atoms with Crippen LogP contribution >= 0.6 is 11.8 Å². The van der Waals surface area contributed by atoms with E-state index in [4.69, 9.17) is 26.7 Å². The summed E-state index contributed by atoms with van der Waals surface area (Å²) in [5.41, 5.74) is 18.3. The number of nitrogens with zero attached hydrogens (tertiary/aromatic N) is 1. The van der Waals surface area contributed by atoms with Gasteiger partial charge in [0.1, 0.15) is 6.61 Å². The molecule has 11 heteroatoms. The summed E-state index contributed by atoms with van der Waals surface area (Å²) in [6, 6.07) is 15.6. The number of benzene rings is 2. The van der Waals surface area contributed by atoms with Crippen LogP contribution in [0.4, 0.5) is 4.79 Å². The van der Waals surface area contributed by atoms with Gasteiger partial charge in [0.15, 0.2) is 0 Å². The van der Waals surface area contributed by atoms with E-state index in [2.05, 4.69) is 0 Å². The lowest BCUT2D eigenvalue weighted by molar-refractivity contribution is -0.153. The average molecular weight is 559 g/mol. The summed E-state index contributed by atoms with van der Waals surface area (Å²) in [5, 5.41) is 0. The minimum atomic E-state index is -2.43. The maximum absolute atomic E-state index is 14.2. The highest BCUT2D eigenvalue weighted by atomic mass is 32.2. The highest BCUT2D eigenvalue weighted by molar-refractivity contribution is 8.02. The van der Waals surface area contributed by atoms with Crippen molar-refractivity contribution in [2.75, 3.05) is 25.4 Å². The van der Waals surface area contributed by atoms with Crippen molar-refractivity contribution in [2.45, 2.75) is 50.1 Å². The quantitative estimate of drug-likeness (QED) is 0.0916. The number of rotatable bonds is 16. The third-order valence-corrected chi connectivity index (χ3v) is 7.21. The number of carbonyl (C=O) groups excluding carboxylic acids is 4. The third kappa shape index (κ3) is 8.62. The average Bonchev–Trinajstić information content (AvgIpc) is 2.96. The molecule has 0 aliphatic heterocycles. The Morgan fingerprint density at radius 2 is 1.51 bits per heavy atom. The Hall–Kier alpha value is -3.25. The molecule has 0 saturated heterocycles. The third-order valence-electron chi connectivity index (χ3n) is 5.76. The van der Waals surface area contributed by atoms with E-state index in [1.807, 2.05) is 0 Å². The van der Waals surface area contributed by atoms with Crippen molar-refractivity contribution < 1.29 is 28.7 Å². The molecule has 0 heterocycles. The topological polar surface area (TPSA) is 168 Å². The van der Waals surface area contributed by atoms with Gasteiger partial charge in [-0.2, -0.15) is 0 Å². The van der Waals surface area contributed by atoms with Crippen molar-refractivity contribution in [3.8, 4) is 0 Å². The van der Waals surface area contributed by atoms with E-state index in [0.717, 1.165) is 11.8 Å². The van der Waals surface area contributed by atoms with E-state index < -0.39 is 34.7 Å². The largest absolute Gasteiger partial charge is 0.463 e. The molecular weight excluding hydrogens is 520 g/mol. The number of ether oxygens (including phenoxy) is 2. The zero-order valence-electron chi connectivity index (χ0n) is 22.3. The van der Waals surface area contributed by atoms with Crippen LogP contribution in [0, 0.1) is 0 Å². The van der Waals surface area contributed by atoms with Crippen LogP contribution in [0.5, 0.6) is 0 Å². The van der Waals surface area contributed by atoms with Gasteiger partial charge in [-0.15, -0.1) is 11.8 Å². The van der Waals surface area contributed by atoms with Gasteiger partial charge >= 0.3 is 12.1 Å².